The number of rotatable bonds is 4. The highest BCUT2D eigenvalue weighted by atomic mass is 79.9. The third-order valence-corrected chi connectivity index (χ3v) is 3.08. The molecule has 0 aliphatic heterocycles. The molecule has 1 atom stereocenters. The van der Waals surface area contributed by atoms with E-state index in [1.807, 2.05) is 0 Å². The lowest BCUT2D eigenvalue weighted by atomic mass is 10.2. The molecule has 0 saturated carbocycles. The fraction of sp³-hybridized carbons (Fsp3) is 0.300. The molecule has 1 rings (SSSR count). The Morgan fingerprint density at radius 3 is 2.82 bits per heavy atom. The molecule has 0 spiro atoms. The molecule has 1 aromatic rings. The summed E-state index contributed by atoms with van der Waals surface area (Å²) in [4.78, 5) is 11.5. The third kappa shape index (κ3) is 5.23. The molecule has 0 heterocycles. The zero-order valence-electron chi connectivity index (χ0n) is 9.07. The van der Waals surface area contributed by atoms with E-state index in [0.29, 0.717) is 15.2 Å². The van der Waals surface area contributed by atoms with Gasteiger partial charge in [-0.05, 0) is 34.1 Å². The molecule has 0 radical (unpaired) electrons. The number of amides is 1. The van der Waals surface area contributed by atoms with Crippen LogP contribution in [0, 0.1) is 0 Å². The van der Waals surface area contributed by atoms with Crippen LogP contribution in [-0.2, 0) is 9.53 Å². The van der Waals surface area contributed by atoms with Gasteiger partial charge in [0.1, 0.15) is 6.04 Å². The summed E-state index contributed by atoms with van der Waals surface area (Å²) in [5.74, 6) is -0.295. The van der Waals surface area contributed by atoms with E-state index in [1.54, 1.807) is 18.2 Å². The predicted octanol–water partition coefficient (Wildman–Crippen LogP) is 2.44. The lowest BCUT2D eigenvalue weighted by Crippen LogP contribution is -2.39. The van der Waals surface area contributed by atoms with Gasteiger partial charge < -0.3 is 15.8 Å². The molecule has 0 saturated heterocycles. The van der Waals surface area contributed by atoms with Crippen LogP contribution in [-0.4, -0.2) is 25.7 Å². The van der Waals surface area contributed by atoms with Crippen molar-refractivity contribution in [1.82, 2.24) is 0 Å². The Balaban J connectivity index is 0.00000256. The number of methoxy groups -OCH3 is 1. The van der Waals surface area contributed by atoms with Gasteiger partial charge in [-0.25, -0.2) is 0 Å². The average molecular weight is 344 g/mol. The molecule has 3 N–H and O–H groups in total. The number of nitrogens with one attached hydrogen (secondary N) is 1. The molecule has 0 aromatic heterocycles. The number of halogens is 3. The van der Waals surface area contributed by atoms with Crippen LogP contribution < -0.4 is 11.1 Å². The number of ether oxygens (including phenoxy) is 1. The first-order valence-corrected chi connectivity index (χ1v) is 5.72. The lowest BCUT2D eigenvalue weighted by molar-refractivity contribution is -0.118. The minimum atomic E-state index is -0.681. The van der Waals surface area contributed by atoms with Gasteiger partial charge in [-0.1, -0.05) is 11.6 Å². The van der Waals surface area contributed by atoms with Crippen molar-refractivity contribution >= 4 is 51.5 Å². The predicted molar refractivity (Wildman–Crippen MR) is 74.9 cm³/mol. The summed E-state index contributed by atoms with van der Waals surface area (Å²) in [6.45, 7) is 0.181. The lowest BCUT2D eigenvalue weighted by Gasteiger charge is -2.11. The van der Waals surface area contributed by atoms with Gasteiger partial charge in [-0.3, -0.25) is 4.79 Å². The van der Waals surface area contributed by atoms with Crippen LogP contribution in [0.15, 0.2) is 22.7 Å². The SMILES string of the molecule is COCC(N)C(=O)Nc1ccc(Cl)c(Br)c1.Cl. The van der Waals surface area contributed by atoms with Crippen molar-refractivity contribution < 1.29 is 9.53 Å². The van der Waals surface area contributed by atoms with Gasteiger partial charge in [0.25, 0.3) is 0 Å². The zero-order chi connectivity index (χ0) is 12.1. The quantitative estimate of drug-likeness (QED) is 0.882. The summed E-state index contributed by atoms with van der Waals surface area (Å²) >= 11 is 9.09. The van der Waals surface area contributed by atoms with Crippen molar-refractivity contribution in [2.45, 2.75) is 6.04 Å². The summed E-state index contributed by atoms with van der Waals surface area (Å²) in [6, 6.07) is 4.41. The van der Waals surface area contributed by atoms with Crippen LogP contribution in [0.5, 0.6) is 0 Å². The Morgan fingerprint density at radius 1 is 1.65 bits per heavy atom. The highest BCUT2D eigenvalue weighted by Gasteiger charge is 2.13. The third-order valence-electron chi connectivity index (χ3n) is 1.87. The number of carbonyl (C=O) groups excluding carboxylic acids is 1. The second-order valence-corrected chi connectivity index (χ2v) is 4.44. The summed E-state index contributed by atoms with van der Waals surface area (Å²) in [7, 11) is 1.49. The molecule has 1 aromatic carbocycles. The van der Waals surface area contributed by atoms with Gasteiger partial charge in [0, 0.05) is 17.3 Å². The Bertz CT molecular complexity index is 391. The smallest absolute Gasteiger partial charge is 0.243 e. The second kappa shape index (κ2) is 7.89. The number of anilines is 1. The van der Waals surface area contributed by atoms with Crippen LogP contribution in [0.3, 0.4) is 0 Å². The van der Waals surface area contributed by atoms with Crippen molar-refractivity contribution in [3.05, 3.63) is 27.7 Å². The largest absolute Gasteiger partial charge is 0.383 e. The maximum Gasteiger partial charge on any atom is 0.243 e. The molecule has 1 unspecified atom stereocenters. The highest BCUT2D eigenvalue weighted by molar-refractivity contribution is 9.10. The van der Waals surface area contributed by atoms with Crippen LogP contribution in [0.1, 0.15) is 0 Å². The first-order valence-electron chi connectivity index (χ1n) is 4.55. The van der Waals surface area contributed by atoms with Gasteiger partial charge in [0.2, 0.25) is 5.91 Å². The van der Waals surface area contributed by atoms with Crippen molar-refractivity contribution in [3.8, 4) is 0 Å². The fourth-order valence-corrected chi connectivity index (χ4v) is 1.56. The number of hydrogen-bond acceptors (Lipinski definition) is 3. The molecule has 0 aliphatic rings. The fourth-order valence-electron chi connectivity index (χ4n) is 1.06. The minimum Gasteiger partial charge on any atom is -0.383 e. The molecule has 17 heavy (non-hydrogen) atoms. The minimum absolute atomic E-state index is 0. The maximum absolute atomic E-state index is 11.5. The number of hydrogen-bond donors (Lipinski definition) is 2. The van der Waals surface area contributed by atoms with Crippen molar-refractivity contribution in [2.75, 3.05) is 19.0 Å². The van der Waals surface area contributed by atoms with Crippen molar-refractivity contribution in [2.24, 2.45) is 5.73 Å². The van der Waals surface area contributed by atoms with E-state index in [2.05, 4.69) is 21.2 Å². The zero-order valence-corrected chi connectivity index (χ0v) is 12.2. The normalized spacial score (nSPS) is 11.5. The highest BCUT2D eigenvalue weighted by Crippen LogP contribution is 2.25. The van der Waals surface area contributed by atoms with E-state index in [9.17, 15) is 4.79 Å². The molecule has 0 aliphatic carbocycles. The van der Waals surface area contributed by atoms with E-state index < -0.39 is 6.04 Å². The van der Waals surface area contributed by atoms with Gasteiger partial charge >= 0.3 is 0 Å². The van der Waals surface area contributed by atoms with E-state index >= 15 is 0 Å². The Kier molecular flexibility index (Phi) is 7.74. The molecule has 0 fully saturated rings. The molecular weight excluding hydrogens is 331 g/mol. The van der Waals surface area contributed by atoms with Crippen LogP contribution in [0.2, 0.25) is 5.02 Å². The second-order valence-electron chi connectivity index (χ2n) is 3.18. The standard InChI is InChI=1S/C10H12BrClN2O2.ClH/c1-16-5-9(13)10(15)14-6-2-3-8(12)7(11)4-6;/h2-4,9H,5,13H2,1H3,(H,14,15);1H. The number of benzene rings is 1. The van der Waals surface area contributed by atoms with E-state index in [1.165, 1.54) is 7.11 Å². The molecule has 7 heteroatoms. The van der Waals surface area contributed by atoms with Gasteiger partial charge in [-0.2, -0.15) is 0 Å². The van der Waals surface area contributed by atoms with E-state index in [0.717, 1.165) is 0 Å². The summed E-state index contributed by atoms with van der Waals surface area (Å²) in [5, 5.41) is 3.24. The molecular formula is C10H13BrCl2N2O2. The first kappa shape index (κ1) is 16.7. The average Bonchev–Trinajstić information content (AvgIpc) is 2.24. The van der Waals surface area contributed by atoms with Crippen molar-refractivity contribution in [3.63, 3.8) is 0 Å². The van der Waals surface area contributed by atoms with Gasteiger partial charge in [0.05, 0.1) is 11.6 Å². The van der Waals surface area contributed by atoms with Gasteiger partial charge in [-0.15, -0.1) is 12.4 Å². The molecule has 1 amide bonds. The summed E-state index contributed by atoms with van der Waals surface area (Å²) < 4.78 is 5.50. The molecule has 0 bridgehead atoms. The molecule has 4 nitrogen and oxygen atoms in total. The van der Waals surface area contributed by atoms with Crippen molar-refractivity contribution in [1.29, 1.82) is 0 Å². The maximum atomic E-state index is 11.5. The van der Waals surface area contributed by atoms with Crippen LogP contribution in [0.25, 0.3) is 0 Å². The van der Waals surface area contributed by atoms with Gasteiger partial charge in [0.15, 0.2) is 0 Å². The Hall–Kier alpha value is -0.330. The van der Waals surface area contributed by atoms with E-state index in [-0.39, 0.29) is 24.9 Å². The van der Waals surface area contributed by atoms with Crippen LogP contribution >= 0.6 is 39.9 Å². The van der Waals surface area contributed by atoms with Crippen LogP contribution in [0.4, 0.5) is 5.69 Å². The first-order chi connectivity index (χ1) is 7.54. The van der Waals surface area contributed by atoms with E-state index in [4.69, 9.17) is 22.1 Å². The molecule has 96 valence electrons. The Morgan fingerprint density at radius 2 is 2.29 bits per heavy atom. The number of carbonyl (C=O) groups is 1. The Labute approximate surface area is 119 Å². The topological polar surface area (TPSA) is 64.3 Å². The summed E-state index contributed by atoms with van der Waals surface area (Å²) in [6.07, 6.45) is 0. The summed E-state index contributed by atoms with van der Waals surface area (Å²) in [5.41, 5.74) is 6.20. The monoisotopic (exact) mass is 342 g/mol. The number of nitrogens with two attached hydrogens (primary N) is 1.